The molecule has 16 N–H and O–H groups in total. The average Bonchev–Trinajstić information content (AvgIpc) is 1.66. The van der Waals surface area contributed by atoms with Crippen LogP contribution in [0, 0.1) is 0 Å². The van der Waals surface area contributed by atoms with Crippen molar-refractivity contribution in [3.63, 3.8) is 0 Å². The van der Waals surface area contributed by atoms with E-state index >= 15 is 0 Å². The van der Waals surface area contributed by atoms with Crippen molar-refractivity contribution in [1.29, 1.82) is 0 Å². The number of hydrogen-bond acceptors (Lipinski definition) is 35. The summed E-state index contributed by atoms with van der Waals surface area (Å²) in [5, 5.41) is 57.5. The van der Waals surface area contributed by atoms with E-state index in [0.29, 0.717) is 216 Å². The Bertz CT molecular complexity index is 6730. The van der Waals surface area contributed by atoms with Crippen LogP contribution in [0.25, 0.3) is 107 Å². The second-order valence-corrected chi connectivity index (χ2v) is 39.4. The highest BCUT2D eigenvalue weighted by Gasteiger charge is 2.30. The maximum Gasteiger partial charge on any atom is 0.318 e. The average molecular weight is 2250 g/mol. The standard InChI is InChI=1S/C18H18Cl2N4O2S.2C18H17Cl2N3O3S.2C17H15Cl2N3O3S.3CH4.3H2S/c1-8(25)15-13(21)12-14(9-4-5-10(19)11(20)6-9)23-17(24-16(12)27-15)22-7-18(2,3)26;2*1-7(24)9(3)26-18-22-15(10-4-5-11(19)12(20)6-10)13-14(21)16(8(2)25)27-17(13)23-18;2*1-7(6-23)25-17-21-14(9-3-4-10(18)11(19)5-9)12-13(20)15(8(2)24)26-16(12)22-17;;;;;;/h4-6,26H,7,21H2,1-3H3,(H,22,23,24);2*4-7,9,24H,21H2,1-3H3;2*3-5,7,23H,6,20H2,1-2H3;3*1H4;3*1H2/t;2*7-,9-;2*7-;;;;;;/m.1010....../s1. The van der Waals surface area contributed by atoms with Crippen LogP contribution in [0.3, 0.4) is 0 Å². The van der Waals surface area contributed by atoms with E-state index in [9.17, 15) is 49.5 Å². The van der Waals surface area contributed by atoms with Gasteiger partial charge in [0.1, 0.15) is 48.6 Å². The van der Waals surface area contributed by atoms with E-state index in [1.807, 2.05) is 0 Å². The fourth-order valence-corrected chi connectivity index (χ4v) is 18.6. The second kappa shape index (κ2) is 51.6. The van der Waals surface area contributed by atoms with Crippen LogP contribution >= 0.6 is 213 Å². The smallest absolute Gasteiger partial charge is 0.318 e. The molecule has 5 aromatic carbocycles. The number of fused-ring (bicyclic) bond motifs is 5. The minimum atomic E-state index is -0.943. The molecule has 0 aliphatic heterocycles. The van der Waals surface area contributed by atoms with Crippen molar-refractivity contribution in [2.45, 2.75) is 155 Å². The van der Waals surface area contributed by atoms with Gasteiger partial charge in [0.25, 0.3) is 0 Å². The third kappa shape index (κ3) is 28.7. The number of Topliss-reactive ketones (excluding diaryl/α,β-unsaturated/α-hetero) is 5. The largest absolute Gasteiger partial charge is 0.458 e. The molecule has 139 heavy (non-hydrogen) atoms. The van der Waals surface area contributed by atoms with Gasteiger partial charge < -0.3 is 78.5 Å². The number of anilines is 6. The van der Waals surface area contributed by atoms with E-state index in [4.69, 9.17) is 164 Å². The van der Waals surface area contributed by atoms with Crippen LogP contribution in [0.2, 0.25) is 50.2 Å². The Balaban J connectivity index is 0.000000303. The SMILES string of the molecule is C.C.C.CC(=O)c1sc2nc(NCC(C)(C)O)nc(-c3ccc(Cl)c(Cl)c3)c2c1N.CC(=O)c1sc2nc(O[C@@H](C)CO)nc(-c3ccc(Cl)c(Cl)c3)c2c1N.CC(=O)c1sc2nc(O[C@@H](C)[C@H](C)O)nc(-c3ccc(Cl)c(Cl)c3)c2c1N.CC(=O)c1sc2nc(O[C@H](C)CO)nc(-c3ccc(Cl)c(Cl)c3)c2c1N.CC(=O)c1sc2nc(O[C@H](C)[C@@H](C)O)nc(-c3ccc(Cl)c(Cl)c3)c2c1N.S.S.S. The highest BCUT2D eigenvalue weighted by Crippen LogP contribution is 2.48. The van der Waals surface area contributed by atoms with Crippen LogP contribution in [0.5, 0.6) is 24.0 Å². The Morgan fingerprint density at radius 1 is 0.345 bits per heavy atom. The van der Waals surface area contributed by atoms with Crippen LogP contribution < -0.4 is 52.9 Å². The number of aliphatic hydroxyl groups excluding tert-OH is 4. The molecule has 48 heteroatoms. The number of carbonyl (C=O) groups excluding carboxylic acids is 5. The van der Waals surface area contributed by atoms with Crippen LogP contribution in [0.1, 0.15) is 161 Å². The topological polar surface area (TPSA) is 494 Å². The number of thiophene rings is 5. The monoisotopic (exact) mass is 2250 g/mol. The Kier molecular flexibility index (Phi) is 44.8. The number of nitrogens with two attached hydrogens (primary N) is 5. The zero-order valence-electron chi connectivity index (χ0n) is 73.8. The Morgan fingerprint density at radius 2 is 0.547 bits per heavy atom. The Hall–Kier alpha value is -8.60. The molecule has 0 bridgehead atoms. The second-order valence-electron chi connectivity index (χ2n) is 30.4. The summed E-state index contributed by atoms with van der Waals surface area (Å²) in [6.07, 6.45) is -3.43. The highest BCUT2D eigenvalue weighted by molar-refractivity contribution is 7.59. The highest BCUT2D eigenvalue weighted by atomic mass is 35.5. The molecule has 0 saturated heterocycles. The van der Waals surface area contributed by atoms with Gasteiger partial charge in [-0.1, -0.05) is 169 Å². The Morgan fingerprint density at radius 3 is 0.734 bits per heavy atom. The maximum atomic E-state index is 11.9. The molecule has 15 rings (SSSR count). The number of carbonyl (C=O) groups is 5. The molecule has 15 aromatic rings. The molecule has 746 valence electrons. The number of nitrogens with zero attached hydrogens (tertiary/aromatic N) is 10. The van der Waals surface area contributed by atoms with Crippen LogP contribution in [0.4, 0.5) is 34.4 Å². The number of aliphatic hydroxyl groups is 5. The third-order valence-corrected chi connectivity index (χ3v) is 28.9. The van der Waals surface area contributed by atoms with Crippen molar-refractivity contribution in [3.05, 3.63) is 166 Å². The summed E-state index contributed by atoms with van der Waals surface area (Å²) in [5.41, 5.74) is 37.5. The summed E-state index contributed by atoms with van der Waals surface area (Å²) in [6.45, 7) is 20.5. The van der Waals surface area contributed by atoms with Gasteiger partial charge in [-0.2, -0.15) is 80.4 Å². The lowest BCUT2D eigenvalue weighted by Gasteiger charge is -2.18. The van der Waals surface area contributed by atoms with Gasteiger partial charge in [0.2, 0.25) is 5.95 Å². The molecule has 0 fully saturated rings. The predicted molar refractivity (Wildman–Crippen MR) is 590 cm³/mol. The van der Waals surface area contributed by atoms with Gasteiger partial charge in [-0.15, -0.1) is 56.7 Å². The van der Waals surface area contributed by atoms with Crippen molar-refractivity contribution in [3.8, 4) is 80.3 Å². The predicted octanol–water partition coefficient (Wildman–Crippen LogP) is 24.5. The lowest BCUT2D eigenvalue weighted by molar-refractivity contribution is 0.0545. The minimum Gasteiger partial charge on any atom is -0.458 e. The zero-order valence-corrected chi connectivity index (χ0v) is 88.5. The van der Waals surface area contributed by atoms with E-state index in [1.54, 1.807) is 146 Å². The van der Waals surface area contributed by atoms with Gasteiger partial charge in [0, 0.05) is 69.0 Å². The minimum absolute atomic E-state index is 0. The van der Waals surface area contributed by atoms with Crippen molar-refractivity contribution >= 4 is 328 Å². The number of halogens is 10. The molecule has 0 aliphatic carbocycles. The van der Waals surface area contributed by atoms with Crippen LogP contribution in [-0.2, 0) is 0 Å². The number of hydrogen-bond donors (Lipinski definition) is 11. The molecular formula is C91H100Cl10N16O14S8. The molecule has 10 heterocycles. The molecule has 0 radical (unpaired) electrons. The van der Waals surface area contributed by atoms with Crippen molar-refractivity contribution < 1.29 is 68.5 Å². The number of nitrogens with one attached hydrogen (secondary N) is 1. The summed E-state index contributed by atoms with van der Waals surface area (Å²) in [6, 6.07) is 25.7. The van der Waals surface area contributed by atoms with Gasteiger partial charge in [0.15, 0.2) is 28.9 Å². The van der Waals surface area contributed by atoms with Crippen LogP contribution in [-0.4, -0.2) is 166 Å². The van der Waals surface area contributed by atoms with Crippen LogP contribution in [0.15, 0.2) is 91.0 Å². The number of aromatic nitrogens is 10. The summed E-state index contributed by atoms with van der Waals surface area (Å²) in [5.74, 6) is -0.442. The molecule has 30 nitrogen and oxygen atoms in total. The maximum absolute atomic E-state index is 11.9. The first-order chi connectivity index (χ1) is 62.6. The van der Waals surface area contributed by atoms with Gasteiger partial charge >= 0.3 is 24.0 Å². The van der Waals surface area contributed by atoms with Crippen molar-refractivity contribution in [1.82, 2.24) is 49.8 Å². The summed E-state index contributed by atoms with van der Waals surface area (Å²) >= 11 is 66.7. The Labute approximate surface area is 891 Å². The number of ketones is 5. The molecule has 0 spiro atoms. The van der Waals surface area contributed by atoms with Crippen molar-refractivity contribution in [2.24, 2.45) is 0 Å². The first-order valence-electron chi connectivity index (χ1n) is 39.6. The lowest BCUT2D eigenvalue weighted by Crippen LogP contribution is -2.29. The first kappa shape index (κ1) is 121. The normalized spacial score (nSPS) is 12.2. The number of rotatable bonds is 25. The van der Waals surface area contributed by atoms with E-state index in [1.165, 1.54) is 91.3 Å². The quantitative estimate of drug-likeness (QED) is 0.0237. The van der Waals surface area contributed by atoms with E-state index < -0.39 is 42.2 Å². The molecule has 10 aromatic heterocycles. The number of ether oxygens (including phenoxy) is 4. The fraction of sp³-hybridized carbons (Fsp3) is 0.286. The molecular weight excluding hydrogens is 2150 g/mol. The molecule has 0 saturated carbocycles. The first-order valence-corrected chi connectivity index (χ1v) is 47.5. The summed E-state index contributed by atoms with van der Waals surface area (Å²) in [4.78, 5) is 108. The number of benzene rings is 5. The van der Waals surface area contributed by atoms with E-state index in [2.05, 4.69) is 55.2 Å². The fourth-order valence-electron chi connectivity index (χ4n) is 12.1. The molecule has 6 atom stereocenters. The van der Waals surface area contributed by atoms with Gasteiger partial charge in [-0.05, 0) is 116 Å². The van der Waals surface area contributed by atoms with Gasteiger partial charge in [-0.3, -0.25) is 24.0 Å². The molecule has 0 aliphatic rings. The van der Waals surface area contributed by atoms with E-state index in [-0.39, 0.29) is 135 Å². The lowest BCUT2D eigenvalue weighted by atomic mass is 10.1. The van der Waals surface area contributed by atoms with E-state index in [0.717, 1.165) is 0 Å². The number of nitrogen functional groups attached to an aromatic ring is 5. The zero-order chi connectivity index (χ0) is 97.7. The summed E-state index contributed by atoms with van der Waals surface area (Å²) in [7, 11) is 0. The summed E-state index contributed by atoms with van der Waals surface area (Å²) < 4.78 is 22.4. The van der Waals surface area contributed by atoms with Gasteiger partial charge in [0.05, 0.1) is 189 Å². The van der Waals surface area contributed by atoms with Gasteiger partial charge in [-0.25, -0.2) is 9.97 Å². The molecule has 0 unspecified atom stereocenters. The third-order valence-electron chi connectivity index (χ3n) is 19.2. The van der Waals surface area contributed by atoms with Crippen molar-refractivity contribution in [2.75, 3.05) is 53.7 Å². The molecule has 0 amide bonds.